The normalized spacial score (nSPS) is 10.2. The monoisotopic (exact) mass is 236 g/mol. The molecular formula is C11H9FN2O3. The van der Waals surface area contributed by atoms with Gasteiger partial charge in [0.2, 0.25) is 5.82 Å². The van der Waals surface area contributed by atoms with Crippen LogP contribution in [0.3, 0.4) is 0 Å². The number of halogens is 1. The first-order valence-electron chi connectivity index (χ1n) is 4.87. The van der Waals surface area contributed by atoms with Crippen molar-refractivity contribution in [1.29, 1.82) is 0 Å². The van der Waals surface area contributed by atoms with Gasteiger partial charge in [-0.3, -0.25) is 10.1 Å². The first-order valence-corrected chi connectivity index (χ1v) is 4.87. The number of furan rings is 1. The SMILES string of the molecule is O=[N+]([O-])c1c(F)cccc1NCc1ccco1. The molecule has 17 heavy (non-hydrogen) atoms. The molecule has 0 aliphatic carbocycles. The fourth-order valence-corrected chi connectivity index (χ4v) is 1.44. The van der Waals surface area contributed by atoms with E-state index in [0.717, 1.165) is 6.07 Å². The molecule has 88 valence electrons. The van der Waals surface area contributed by atoms with Gasteiger partial charge in [-0.05, 0) is 24.3 Å². The van der Waals surface area contributed by atoms with Crippen LogP contribution in [0.15, 0.2) is 41.0 Å². The fraction of sp³-hybridized carbons (Fsp3) is 0.0909. The lowest BCUT2D eigenvalue weighted by molar-refractivity contribution is -0.386. The zero-order valence-electron chi connectivity index (χ0n) is 8.72. The van der Waals surface area contributed by atoms with Gasteiger partial charge in [0.1, 0.15) is 11.4 Å². The van der Waals surface area contributed by atoms with Crippen molar-refractivity contribution >= 4 is 11.4 Å². The molecule has 1 aromatic heterocycles. The summed E-state index contributed by atoms with van der Waals surface area (Å²) < 4.78 is 18.3. The quantitative estimate of drug-likeness (QED) is 0.654. The molecule has 0 atom stereocenters. The van der Waals surface area contributed by atoms with Crippen molar-refractivity contribution in [2.24, 2.45) is 0 Å². The van der Waals surface area contributed by atoms with E-state index in [-0.39, 0.29) is 12.2 Å². The summed E-state index contributed by atoms with van der Waals surface area (Å²) in [6.07, 6.45) is 1.50. The van der Waals surface area contributed by atoms with Crippen molar-refractivity contribution < 1.29 is 13.7 Å². The van der Waals surface area contributed by atoms with Crippen molar-refractivity contribution in [3.63, 3.8) is 0 Å². The zero-order valence-corrected chi connectivity index (χ0v) is 8.72. The van der Waals surface area contributed by atoms with Crippen LogP contribution in [0.1, 0.15) is 5.76 Å². The second kappa shape index (κ2) is 4.65. The Morgan fingerprint density at radius 2 is 2.18 bits per heavy atom. The van der Waals surface area contributed by atoms with E-state index >= 15 is 0 Å². The number of nitrogens with one attached hydrogen (secondary N) is 1. The lowest BCUT2D eigenvalue weighted by Gasteiger charge is -2.05. The molecule has 0 amide bonds. The van der Waals surface area contributed by atoms with Crippen LogP contribution < -0.4 is 5.32 Å². The van der Waals surface area contributed by atoms with Crippen LogP contribution in [0.2, 0.25) is 0 Å². The summed E-state index contributed by atoms with van der Waals surface area (Å²) in [6, 6.07) is 7.34. The summed E-state index contributed by atoms with van der Waals surface area (Å²) in [4.78, 5) is 9.96. The molecule has 1 N–H and O–H groups in total. The second-order valence-electron chi connectivity index (χ2n) is 3.33. The van der Waals surface area contributed by atoms with Crippen LogP contribution in [-0.4, -0.2) is 4.92 Å². The molecule has 2 rings (SSSR count). The average molecular weight is 236 g/mol. The Labute approximate surface area is 96.0 Å². The van der Waals surface area contributed by atoms with E-state index in [2.05, 4.69) is 5.32 Å². The van der Waals surface area contributed by atoms with Crippen LogP contribution in [0.5, 0.6) is 0 Å². The highest BCUT2D eigenvalue weighted by atomic mass is 19.1. The maximum atomic E-state index is 13.3. The molecule has 0 fully saturated rings. The lowest BCUT2D eigenvalue weighted by atomic mass is 10.2. The highest BCUT2D eigenvalue weighted by molar-refractivity contribution is 5.61. The molecule has 0 radical (unpaired) electrons. The molecule has 6 heteroatoms. The Hall–Kier alpha value is -2.37. The highest BCUT2D eigenvalue weighted by Gasteiger charge is 2.19. The minimum Gasteiger partial charge on any atom is -0.467 e. The molecule has 0 spiro atoms. The second-order valence-corrected chi connectivity index (χ2v) is 3.33. The molecule has 0 saturated heterocycles. The topological polar surface area (TPSA) is 68.3 Å². The number of benzene rings is 1. The number of para-hydroxylation sites is 1. The van der Waals surface area contributed by atoms with Gasteiger partial charge in [0.05, 0.1) is 17.7 Å². The standard InChI is InChI=1S/C11H9FN2O3/c12-9-4-1-5-10(11(9)14(15)16)13-7-8-3-2-6-17-8/h1-6,13H,7H2. The van der Waals surface area contributed by atoms with Gasteiger partial charge >= 0.3 is 5.69 Å². The molecule has 0 aliphatic heterocycles. The molecule has 0 saturated carbocycles. The minimum absolute atomic E-state index is 0.131. The molecule has 2 aromatic rings. The maximum absolute atomic E-state index is 13.3. The molecule has 0 bridgehead atoms. The summed E-state index contributed by atoms with van der Waals surface area (Å²) in [7, 11) is 0. The van der Waals surface area contributed by atoms with E-state index in [9.17, 15) is 14.5 Å². The summed E-state index contributed by atoms with van der Waals surface area (Å²) in [5, 5.41) is 13.5. The third-order valence-electron chi connectivity index (χ3n) is 2.20. The van der Waals surface area contributed by atoms with Gasteiger partial charge in [-0.25, -0.2) is 0 Å². The number of nitro benzene ring substituents is 1. The fourth-order valence-electron chi connectivity index (χ4n) is 1.44. The Morgan fingerprint density at radius 1 is 1.35 bits per heavy atom. The predicted octanol–water partition coefficient (Wildman–Crippen LogP) is 2.94. The van der Waals surface area contributed by atoms with Crippen LogP contribution in [-0.2, 0) is 6.54 Å². The molecule has 1 aromatic carbocycles. The Morgan fingerprint density at radius 3 is 2.82 bits per heavy atom. The van der Waals surface area contributed by atoms with Gasteiger partial charge in [-0.2, -0.15) is 4.39 Å². The number of hydrogen-bond donors (Lipinski definition) is 1. The third kappa shape index (κ3) is 2.41. The summed E-state index contributed by atoms with van der Waals surface area (Å²) in [5.41, 5.74) is -0.426. The van der Waals surface area contributed by atoms with Crippen molar-refractivity contribution in [2.75, 3.05) is 5.32 Å². The largest absolute Gasteiger partial charge is 0.467 e. The van der Waals surface area contributed by atoms with Gasteiger partial charge in [0.15, 0.2) is 0 Å². The minimum atomic E-state index is -0.862. The summed E-state index contributed by atoms with van der Waals surface area (Å²) in [5.74, 6) is -0.247. The van der Waals surface area contributed by atoms with Crippen LogP contribution in [0.25, 0.3) is 0 Å². The van der Waals surface area contributed by atoms with Crippen molar-refractivity contribution in [3.05, 3.63) is 58.3 Å². The van der Waals surface area contributed by atoms with Gasteiger partial charge in [0, 0.05) is 0 Å². The maximum Gasteiger partial charge on any atom is 0.327 e. The van der Waals surface area contributed by atoms with E-state index in [1.165, 1.54) is 18.4 Å². The van der Waals surface area contributed by atoms with Crippen LogP contribution >= 0.6 is 0 Å². The molecule has 5 nitrogen and oxygen atoms in total. The van der Waals surface area contributed by atoms with Crippen molar-refractivity contribution in [2.45, 2.75) is 6.54 Å². The van der Waals surface area contributed by atoms with E-state index < -0.39 is 16.4 Å². The van der Waals surface area contributed by atoms with Gasteiger partial charge in [0.25, 0.3) is 0 Å². The summed E-state index contributed by atoms with van der Waals surface area (Å²) >= 11 is 0. The Kier molecular flexibility index (Phi) is 3.04. The number of rotatable bonds is 4. The van der Waals surface area contributed by atoms with Crippen LogP contribution in [0.4, 0.5) is 15.8 Å². The summed E-state index contributed by atoms with van der Waals surface area (Å²) in [6.45, 7) is 0.261. The Bertz CT molecular complexity index is 526. The lowest BCUT2D eigenvalue weighted by Crippen LogP contribution is -2.03. The van der Waals surface area contributed by atoms with Crippen molar-refractivity contribution in [3.8, 4) is 0 Å². The first-order chi connectivity index (χ1) is 8.18. The molecule has 0 unspecified atom stereocenters. The number of anilines is 1. The Balaban J connectivity index is 2.21. The average Bonchev–Trinajstić information content (AvgIpc) is 2.78. The smallest absolute Gasteiger partial charge is 0.327 e. The number of hydrogen-bond acceptors (Lipinski definition) is 4. The zero-order chi connectivity index (χ0) is 12.3. The van der Waals surface area contributed by atoms with Gasteiger partial charge < -0.3 is 9.73 Å². The first kappa shape index (κ1) is 11.1. The number of nitrogens with zero attached hydrogens (tertiary/aromatic N) is 1. The van der Waals surface area contributed by atoms with E-state index in [0.29, 0.717) is 5.76 Å². The molecular weight excluding hydrogens is 227 g/mol. The van der Waals surface area contributed by atoms with Crippen LogP contribution in [0, 0.1) is 15.9 Å². The van der Waals surface area contributed by atoms with Gasteiger partial charge in [-0.15, -0.1) is 0 Å². The van der Waals surface area contributed by atoms with Gasteiger partial charge in [-0.1, -0.05) is 6.07 Å². The van der Waals surface area contributed by atoms with E-state index in [1.807, 2.05) is 0 Å². The predicted molar refractivity (Wildman–Crippen MR) is 59.1 cm³/mol. The number of nitro groups is 1. The van der Waals surface area contributed by atoms with E-state index in [1.54, 1.807) is 12.1 Å². The molecule has 1 heterocycles. The van der Waals surface area contributed by atoms with Crippen molar-refractivity contribution in [1.82, 2.24) is 0 Å². The third-order valence-corrected chi connectivity index (χ3v) is 2.20. The highest BCUT2D eigenvalue weighted by Crippen LogP contribution is 2.27. The molecule has 0 aliphatic rings. The van der Waals surface area contributed by atoms with E-state index in [4.69, 9.17) is 4.42 Å².